The van der Waals surface area contributed by atoms with Gasteiger partial charge in [-0.05, 0) is 110 Å². The zero-order chi connectivity index (χ0) is 31.9. The van der Waals surface area contributed by atoms with Gasteiger partial charge in [0.15, 0.2) is 0 Å². The molecule has 0 aliphatic heterocycles. The molecule has 0 unspecified atom stereocenters. The van der Waals surface area contributed by atoms with Gasteiger partial charge in [0.1, 0.15) is 5.15 Å². The molecular weight excluding hydrogens is 593 g/mol. The minimum atomic E-state index is -0.950. The Morgan fingerprint density at radius 1 is 0.533 bits per heavy atom. The number of aryl methyl sites for hydroxylation is 2. The van der Waals surface area contributed by atoms with Crippen molar-refractivity contribution in [2.75, 3.05) is 0 Å². The predicted octanol–water partition coefficient (Wildman–Crippen LogP) is 9.95. The molecule has 0 atom stereocenters. The van der Waals surface area contributed by atoms with Gasteiger partial charge < -0.3 is 0 Å². The topological polar surface area (TPSA) is 51.6 Å². The summed E-state index contributed by atoms with van der Waals surface area (Å²) in [4.78, 5) is 17.2. The lowest BCUT2D eigenvalue weighted by atomic mass is 9.81. The average Bonchev–Trinajstić information content (AvgIpc) is 3.01. The second-order valence-corrected chi connectivity index (χ2v) is 11.8. The quantitative estimate of drug-likeness (QED) is 0.174. The van der Waals surface area contributed by atoms with Crippen molar-refractivity contribution >= 4 is 11.6 Å². The van der Waals surface area contributed by atoms with Crippen LogP contribution in [-0.4, -0.2) is 19.9 Å². The van der Waals surface area contributed by atoms with Crippen LogP contribution in [0.5, 0.6) is 0 Å². The number of hydrogen-bond acceptors (Lipinski definition) is 4. The van der Waals surface area contributed by atoms with Crippen LogP contribution in [0.3, 0.4) is 0 Å². The van der Waals surface area contributed by atoms with E-state index in [9.17, 15) is 8.78 Å². The summed E-state index contributed by atoms with van der Waals surface area (Å²) < 4.78 is 42.7. The molecule has 0 aliphatic carbocycles. The normalized spacial score (nSPS) is 11.6. The third-order valence-corrected chi connectivity index (χ3v) is 8.31. The molecule has 2 aromatic carbocycles. The summed E-state index contributed by atoms with van der Waals surface area (Å²) in [6.07, 6.45) is 0. The fourth-order valence-electron chi connectivity index (χ4n) is 5.42. The highest BCUT2D eigenvalue weighted by molar-refractivity contribution is 6.32. The summed E-state index contributed by atoms with van der Waals surface area (Å²) >= 11 is 6.42. The van der Waals surface area contributed by atoms with Gasteiger partial charge in [0.25, 0.3) is 0 Å². The zero-order valence-electron chi connectivity index (χ0n) is 25.0. The lowest BCUT2D eigenvalue weighted by molar-refractivity contribution is 0.514. The van der Waals surface area contributed by atoms with Crippen LogP contribution < -0.4 is 0 Å². The second kappa shape index (κ2) is 11.9. The van der Waals surface area contributed by atoms with Gasteiger partial charge in [-0.25, -0.2) is 4.98 Å². The summed E-state index contributed by atoms with van der Waals surface area (Å²) in [6.45, 7) is 7.99. The molecule has 0 amide bonds. The molecule has 0 N–H and O–H groups in total. The molecule has 6 aromatic rings. The zero-order valence-corrected chi connectivity index (χ0v) is 25.8. The first-order valence-corrected chi connectivity index (χ1v) is 14.7. The molecule has 45 heavy (non-hydrogen) atoms. The first kappa shape index (κ1) is 30.2. The Balaban J connectivity index is 1.60. The molecule has 0 saturated heterocycles. The molecular formula is C37H28ClF3N4. The first-order chi connectivity index (χ1) is 21.5. The summed E-state index contributed by atoms with van der Waals surface area (Å²) in [7, 11) is 0. The molecule has 4 nitrogen and oxygen atoms in total. The van der Waals surface area contributed by atoms with Crippen molar-refractivity contribution in [1.82, 2.24) is 19.9 Å². The number of rotatable bonds is 6. The lowest BCUT2D eigenvalue weighted by Crippen LogP contribution is -2.23. The van der Waals surface area contributed by atoms with E-state index in [2.05, 4.69) is 9.97 Å². The SMILES string of the molecule is Cc1ccccc1-c1cc(-c2ccc(F)nc2F)nc(C(C)(C)c2cc(-c3ccccc3C)cc(-c3ccc(F)nc3Cl)n2)c1. The van der Waals surface area contributed by atoms with E-state index in [-0.39, 0.29) is 10.7 Å². The molecule has 6 rings (SSSR count). The van der Waals surface area contributed by atoms with E-state index in [4.69, 9.17) is 21.6 Å². The maximum absolute atomic E-state index is 15.0. The highest BCUT2D eigenvalue weighted by Crippen LogP contribution is 2.39. The minimum absolute atomic E-state index is 0.00515. The Morgan fingerprint density at radius 3 is 1.49 bits per heavy atom. The number of halogens is 4. The summed E-state index contributed by atoms with van der Waals surface area (Å²) in [6, 6.07) is 28.8. The Morgan fingerprint density at radius 2 is 1.00 bits per heavy atom. The van der Waals surface area contributed by atoms with E-state index in [0.29, 0.717) is 28.3 Å². The standard InChI is InChI=1S/C37H28ClF3N4/c1-21-9-5-7-11-25(21)23-17-29(27-13-15-33(39)44-35(27)38)42-31(19-23)37(3,4)32-20-24(26-12-8-6-10-22(26)2)18-30(43-32)28-14-16-34(40)45-36(28)41/h5-20H,1-4H3. The first-order valence-electron chi connectivity index (χ1n) is 14.3. The number of aromatic nitrogens is 4. The van der Waals surface area contributed by atoms with Crippen LogP contribution in [0.25, 0.3) is 44.8 Å². The molecule has 0 aliphatic rings. The van der Waals surface area contributed by atoms with E-state index in [0.717, 1.165) is 39.4 Å². The smallest absolute Gasteiger partial charge is 0.224 e. The summed E-state index contributed by atoms with van der Waals surface area (Å²) in [5, 5.41) is -0.00515. The summed E-state index contributed by atoms with van der Waals surface area (Å²) in [5.74, 6) is -2.55. The molecule has 4 heterocycles. The molecule has 0 fully saturated rings. The highest BCUT2D eigenvalue weighted by Gasteiger charge is 2.30. The molecule has 0 bridgehead atoms. The van der Waals surface area contributed by atoms with Gasteiger partial charge >= 0.3 is 0 Å². The number of pyridine rings is 4. The number of benzene rings is 2. The van der Waals surface area contributed by atoms with Gasteiger partial charge in [-0.15, -0.1) is 0 Å². The Hall–Kier alpha value is -4.88. The Labute approximate surface area is 264 Å². The van der Waals surface area contributed by atoms with Crippen molar-refractivity contribution in [3.05, 3.63) is 143 Å². The van der Waals surface area contributed by atoms with Crippen molar-refractivity contribution in [1.29, 1.82) is 0 Å². The van der Waals surface area contributed by atoms with Gasteiger partial charge in [0, 0.05) is 11.0 Å². The van der Waals surface area contributed by atoms with E-state index in [1.165, 1.54) is 12.1 Å². The van der Waals surface area contributed by atoms with E-state index in [1.54, 1.807) is 12.1 Å². The van der Waals surface area contributed by atoms with Crippen LogP contribution >= 0.6 is 11.6 Å². The second-order valence-electron chi connectivity index (χ2n) is 11.5. The van der Waals surface area contributed by atoms with Crippen LogP contribution in [0, 0.1) is 31.7 Å². The maximum atomic E-state index is 15.0. The lowest BCUT2D eigenvalue weighted by Gasteiger charge is -2.27. The van der Waals surface area contributed by atoms with E-state index < -0.39 is 23.3 Å². The van der Waals surface area contributed by atoms with Gasteiger partial charge in [-0.1, -0.05) is 60.1 Å². The molecule has 0 radical (unpaired) electrons. The van der Waals surface area contributed by atoms with Crippen LogP contribution in [0.1, 0.15) is 36.4 Å². The van der Waals surface area contributed by atoms with Crippen LogP contribution in [0.15, 0.2) is 97.1 Å². The van der Waals surface area contributed by atoms with Crippen molar-refractivity contribution in [3.8, 4) is 44.8 Å². The molecule has 4 aromatic heterocycles. The fraction of sp³-hybridized carbons (Fsp3) is 0.135. The minimum Gasteiger partial charge on any atom is -0.252 e. The Bertz CT molecular complexity index is 1930. The van der Waals surface area contributed by atoms with Crippen molar-refractivity contribution in [2.45, 2.75) is 33.1 Å². The van der Waals surface area contributed by atoms with Crippen molar-refractivity contribution < 1.29 is 13.2 Å². The monoisotopic (exact) mass is 620 g/mol. The largest absolute Gasteiger partial charge is 0.252 e. The van der Waals surface area contributed by atoms with Crippen LogP contribution in [-0.2, 0) is 5.41 Å². The third-order valence-electron chi connectivity index (χ3n) is 8.02. The fourth-order valence-corrected chi connectivity index (χ4v) is 5.66. The Kier molecular flexibility index (Phi) is 7.97. The van der Waals surface area contributed by atoms with Gasteiger partial charge in [-0.2, -0.15) is 18.2 Å². The molecule has 0 saturated carbocycles. The number of hydrogen-bond donors (Lipinski definition) is 0. The van der Waals surface area contributed by atoms with Crippen LogP contribution in [0.2, 0.25) is 5.15 Å². The van der Waals surface area contributed by atoms with Gasteiger partial charge in [-0.3, -0.25) is 9.97 Å². The van der Waals surface area contributed by atoms with Gasteiger partial charge in [0.2, 0.25) is 17.8 Å². The summed E-state index contributed by atoms with van der Waals surface area (Å²) in [5.41, 5.74) is 7.50. The maximum Gasteiger partial charge on any atom is 0.224 e. The highest BCUT2D eigenvalue weighted by atomic mass is 35.5. The molecule has 224 valence electrons. The molecule has 8 heteroatoms. The molecule has 0 spiro atoms. The van der Waals surface area contributed by atoms with Crippen LogP contribution in [0.4, 0.5) is 13.2 Å². The van der Waals surface area contributed by atoms with E-state index >= 15 is 4.39 Å². The number of nitrogens with zero attached hydrogens (tertiary/aromatic N) is 4. The van der Waals surface area contributed by atoms with Gasteiger partial charge in [0.05, 0.1) is 28.3 Å². The predicted molar refractivity (Wildman–Crippen MR) is 172 cm³/mol. The van der Waals surface area contributed by atoms with E-state index in [1.807, 2.05) is 94.4 Å². The van der Waals surface area contributed by atoms with Crippen molar-refractivity contribution in [3.63, 3.8) is 0 Å². The third kappa shape index (κ3) is 5.96. The van der Waals surface area contributed by atoms with Crippen molar-refractivity contribution in [2.24, 2.45) is 0 Å². The average molecular weight is 621 g/mol.